The van der Waals surface area contributed by atoms with Gasteiger partial charge in [0.2, 0.25) is 11.8 Å². The Hall–Kier alpha value is -3.16. The average molecular weight is 407 g/mol. The molecule has 2 amide bonds. The van der Waals surface area contributed by atoms with E-state index in [1.54, 1.807) is 12.4 Å². The van der Waals surface area contributed by atoms with Crippen molar-refractivity contribution >= 4 is 23.2 Å². The van der Waals surface area contributed by atoms with Gasteiger partial charge in [0, 0.05) is 37.7 Å². The third kappa shape index (κ3) is 4.08. The number of ether oxygens (including phenoxy) is 1. The summed E-state index contributed by atoms with van der Waals surface area (Å²) >= 11 is 0. The Bertz CT molecular complexity index is 910. The molecule has 0 spiro atoms. The Morgan fingerprint density at radius 3 is 2.47 bits per heavy atom. The Balaban J connectivity index is 1.08. The van der Waals surface area contributed by atoms with Crippen LogP contribution in [0.25, 0.3) is 0 Å². The highest BCUT2D eigenvalue weighted by Crippen LogP contribution is 2.32. The van der Waals surface area contributed by atoms with E-state index >= 15 is 0 Å². The van der Waals surface area contributed by atoms with Crippen molar-refractivity contribution in [1.29, 1.82) is 0 Å². The van der Waals surface area contributed by atoms with Crippen LogP contribution in [0.5, 0.6) is 5.75 Å². The fraction of sp³-hybridized carbons (Fsp3) is 0.455. The van der Waals surface area contributed by atoms with Crippen molar-refractivity contribution in [1.82, 2.24) is 15.1 Å². The summed E-state index contributed by atoms with van der Waals surface area (Å²) in [6.07, 6.45) is 6.33. The van der Waals surface area contributed by atoms with Gasteiger partial charge in [-0.05, 0) is 43.2 Å². The first-order chi connectivity index (χ1) is 14.7. The zero-order valence-corrected chi connectivity index (χ0v) is 16.7. The van der Waals surface area contributed by atoms with Gasteiger partial charge < -0.3 is 19.9 Å². The van der Waals surface area contributed by atoms with Crippen LogP contribution in [-0.4, -0.2) is 59.2 Å². The van der Waals surface area contributed by atoms with Crippen LogP contribution in [0.1, 0.15) is 19.3 Å². The molecule has 8 nitrogen and oxygen atoms in total. The molecular weight excluding hydrogens is 382 g/mol. The van der Waals surface area contributed by atoms with Gasteiger partial charge in [-0.2, -0.15) is 10.2 Å². The van der Waals surface area contributed by atoms with Gasteiger partial charge in [0.1, 0.15) is 11.9 Å². The molecule has 2 aromatic rings. The SMILES string of the molecule is O=C(Nc1ccc(O[C@@H]2CCN(C(=O)C3CC3)C2)cc1)C1CN(c2ccnnc2)C1. The summed E-state index contributed by atoms with van der Waals surface area (Å²) in [5.74, 6) is 1.29. The number of benzene rings is 1. The summed E-state index contributed by atoms with van der Waals surface area (Å²) in [5, 5.41) is 10.6. The lowest BCUT2D eigenvalue weighted by Crippen LogP contribution is -2.52. The average Bonchev–Trinajstić information content (AvgIpc) is 3.48. The van der Waals surface area contributed by atoms with Gasteiger partial charge in [0.15, 0.2) is 0 Å². The zero-order chi connectivity index (χ0) is 20.5. The second-order valence-electron chi connectivity index (χ2n) is 8.30. The first-order valence-electron chi connectivity index (χ1n) is 10.5. The van der Waals surface area contributed by atoms with Gasteiger partial charge in [0.25, 0.3) is 0 Å². The van der Waals surface area contributed by atoms with Crippen molar-refractivity contribution in [3.63, 3.8) is 0 Å². The topological polar surface area (TPSA) is 87.7 Å². The molecule has 1 aliphatic carbocycles. The number of nitrogens with zero attached hydrogens (tertiary/aromatic N) is 4. The second kappa shape index (κ2) is 7.93. The smallest absolute Gasteiger partial charge is 0.231 e. The van der Waals surface area contributed by atoms with Gasteiger partial charge in [-0.25, -0.2) is 0 Å². The number of amides is 2. The molecule has 0 radical (unpaired) electrons. The molecule has 1 aromatic heterocycles. The molecule has 1 N–H and O–H groups in total. The minimum atomic E-state index is -0.0393. The Labute approximate surface area is 175 Å². The number of nitrogens with one attached hydrogen (secondary N) is 1. The fourth-order valence-electron chi connectivity index (χ4n) is 3.99. The number of hydrogen-bond donors (Lipinski definition) is 1. The first-order valence-corrected chi connectivity index (χ1v) is 10.5. The van der Waals surface area contributed by atoms with E-state index in [2.05, 4.69) is 20.4 Å². The molecule has 3 aliphatic rings. The third-order valence-electron chi connectivity index (χ3n) is 5.99. The summed E-state index contributed by atoms with van der Waals surface area (Å²) in [6, 6.07) is 9.36. The minimum Gasteiger partial charge on any atom is -0.489 e. The van der Waals surface area contributed by atoms with Crippen molar-refractivity contribution in [3.8, 4) is 5.75 Å². The lowest BCUT2D eigenvalue weighted by atomic mass is 9.98. The van der Waals surface area contributed by atoms with Crippen molar-refractivity contribution < 1.29 is 14.3 Å². The Kier molecular flexibility index (Phi) is 4.98. The highest BCUT2D eigenvalue weighted by molar-refractivity contribution is 5.94. The minimum absolute atomic E-state index is 0.0203. The van der Waals surface area contributed by atoms with Gasteiger partial charge in [-0.1, -0.05) is 0 Å². The maximum Gasteiger partial charge on any atom is 0.231 e. The van der Waals surface area contributed by atoms with Crippen LogP contribution in [0.15, 0.2) is 42.7 Å². The Morgan fingerprint density at radius 2 is 1.77 bits per heavy atom. The summed E-state index contributed by atoms with van der Waals surface area (Å²) in [4.78, 5) is 28.7. The van der Waals surface area contributed by atoms with Crippen molar-refractivity contribution in [2.45, 2.75) is 25.4 Å². The monoisotopic (exact) mass is 407 g/mol. The molecule has 2 saturated heterocycles. The zero-order valence-electron chi connectivity index (χ0n) is 16.7. The van der Waals surface area contributed by atoms with E-state index in [4.69, 9.17) is 4.74 Å². The van der Waals surface area contributed by atoms with Gasteiger partial charge in [-0.15, -0.1) is 0 Å². The van der Waals surface area contributed by atoms with Crippen LogP contribution in [0, 0.1) is 11.8 Å². The van der Waals surface area contributed by atoms with Crippen molar-refractivity contribution in [2.24, 2.45) is 11.8 Å². The second-order valence-corrected chi connectivity index (χ2v) is 8.30. The van der Waals surface area contributed by atoms with Crippen LogP contribution in [0.3, 0.4) is 0 Å². The Morgan fingerprint density at radius 1 is 0.967 bits per heavy atom. The fourth-order valence-corrected chi connectivity index (χ4v) is 3.99. The molecule has 0 bridgehead atoms. The van der Waals surface area contributed by atoms with Crippen LogP contribution >= 0.6 is 0 Å². The normalized spacial score (nSPS) is 21.3. The van der Waals surface area contributed by atoms with Crippen LogP contribution < -0.4 is 15.0 Å². The van der Waals surface area contributed by atoms with E-state index in [0.29, 0.717) is 19.6 Å². The standard InChI is InChI=1S/C22H25N5O3/c28-21(16-12-27(13-16)18-7-9-23-24-11-18)25-17-3-5-19(6-4-17)30-20-8-10-26(14-20)22(29)15-1-2-15/h3-7,9,11,15-16,20H,1-2,8,10,12-14H2,(H,25,28)/t20-/m1/s1. The van der Waals surface area contributed by atoms with Crippen LogP contribution in [-0.2, 0) is 9.59 Å². The van der Waals surface area contributed by atoms with E-state index in [1.807, 2.05) is 35.2 Å². The number of anilines is 2. The molecule has 30 heavy (non-hydrogen) atoms. The molecule has 1 saturated carbocycles. The predicted molar refractivity (Wildman–Crippen MR) is 111 cm³/mol. The number of carbonyl (C=O) groups excluding carboxylic acids is 2. The van der Waals surface area contributed by atoms with Crippen molar-refractivity contribution in [3.05, 3.63) is 42.7 Å². The largest absolute Gasteiger partial charge is 0.489 e. The number of rotatable bonds is 6. The lowest BCUT2D eigenvalue weighted by Gasteiger charge is -2.39. The van der Waals surface area contributed by atoms with Gasteiger partial charge in [-0.3, -0.25) is 9.59 Å². The predicted octanol–water partition coefficient (Wildman–Crippen LogP) is 1.94. The highest BCUT2D eigenvalue weighted by atomic mass is 16.5. The first kappa shape index (κ1) is 18.8. The highest BCUT2D eigenvalue weighted by Gasteiger charge is 2.37. The van der Waals surface area contributed by atoms with Crippen molar-refractivity contribution in [2.75, 3.05) is 36.4 Å². The molecular formula is C22H25N5O3. The summed E-state index contributed by atoms with van der Waals surface area (Å²) in [5.41, 5.74) is 1.74. The molecule has 1 atom stereocenters. The van der Waals surface area contributed by atoms with E-state index < -0.39 is 0 Å². The third-order valence-corrected chi connectivity index (χ3v) is 5.99. The van der Waals surface area contributed by atoms with E-state index in [-0.39, 0.29) is 29.8 Å². The number of likely N-dealkylation sites (tertiary alicyclic amines) is 1. The molecule has 1 aromatic carbocycles. The summed E-state index contributed by atoms with van der Waals surface area (Å²) < 4.78 is 6.03. The maximum absolute atomic E-state index is 12.5. The molecule has 2 aliphatic heterocycles. The van der Waals surface area contributed by atoms with E-state index in [9.17, 15) is 9.59 Å². The number of carbonyl (C=O) groups is 2. The summed E-state index contributed by atoms with van der Waals surface area (Å²) in [6.45, 7) is 2.80. The molecule has 3 heterocycles. The number of hydrogen-bond acceptors (Lipinski definition) is 6. The van der Waals surface area contributed by atoms with E-state index in [0.717, 1.165) is 42.9 Å². The van der Waals surface area contributed by atoms with Gasteiger partial charge >= 0.3 is 0 Å². The van der Waals surface area contributed by atoms with Crippen LogP contribution in [0.4, 0.5) is 11.4 Å². The molecule has 0 unspecified atom stereocenters. The molecule has 3 fully saturated rings. The molecule has 8 heteroatoms. The number of aromatic nitrogens is 2. The van der Waals surface area contributed by atoms with E-state index in [1.165, 1.54) is 0 Å². The molecule has 156 valence electrons. The molecule has 5 rings (SSSR count). The van der Waals surface area contributed by atoms with Crippen LogP contribution in [0.2, 0.25) is 0 Å². The lowest BCUT2D eigenvalue weighted by molar-refractivity contribution is -0.131. The van der Waals surface area contributed by atoms with Gasteiger partial charge in [0.05, 0.1) is 30.5 Å². The summed E-state index contributed by atoms with van der Waals surface area (Å²) in [7, 11) is 0. The quantitative estimate of drug-likeness (QED) is 0.788. The maximum atomic E-state index is 12.5.